The van der Waals surface area contributed by atoms with Crippen LogP contribution in [-0.2, 0) is 9.53 Å². The smallest absolute Gasteiger partial charge is 0.309 e. The van der Waals surface area contributed by atoms with E-state index in [1.165, 1.54) is 0 Å². The summed E-state index contributed by atoms with van der Waals surface area (Å²) in [6.45, 7) is 8.17. The predicted molar refractivity (Wildman–Crippen MR) is 133 cm³/mol. The van der Waals surface area contributed by atoms with Crippen molar-refractivity contribution in [2.24, 2.45) is 10.9 Å². The van der Waals surface area contributed by atoms with Gasteiger partial charge < -0.3 is 20.3 Å². The zero-order valence-electron chi connectivity index (χ0n) is 17.8. The van der Waals surface area contributed by atoms with E-state index in [-0.39, 0.29) is 35.9 Å². The summed E-state index contributed by atoms with van der Waals surface area (Å²) in [5.41, 5.74) is 0.985. The van der Waals surface area contributed by atoms with Crippen molar-refractivity contribution < 1.29 is 9.53 Å². The Kier molecular flexibility index (Phi) is 10.1. The average molecular weight is 525 g/mol. The number of nitrogens with one attached hydrogen (secondary N) is 2. The summed E-state index contributed by atoms with van der Waals surface area (Å²) in [4.78, 5) is 23.5. The number of fused-ring (bicyclic) bond motifs is 1. The highest BCUT2D eigenvalue weighted by Gasteiger charge is 2.27. The zero-order chi connectivity index (χ0) is 20.5. The number of hydrogen-bond donors (Lipinski definition) is 2. The van der Waals surface area contributed by atoms with Crippen molar-refractivity contribution in [3.8, 4) is 0 Å². The van der Waals surface area contributed by atoms with E-state index >= 15 is 0 Å². The minimum absolute atomic E-state index is 0. The summed E-state index contributed by atoms with van der Waals surface area (Å²) >= 11 is 0. The standard InChI is InChI=1S/C22H31N5O2.HI/c1-3-23-22(27-15-11-18(12-16-27)21(28)29-4-2)25-14-13-24-20-10-9-17-7-5-6-8-19(17)26-20;/h5-10,18H,3-4,11-16H2,1-2H3,(H,23,25)(H,24,26);1H. The molecule has 0 amide bonds. The number of aromatic nitrogens is 1. The van der Waals surface area contributed by atoms with Crippen LogP contribution in [0.4, 0.5) is 5.82 Å². The fourth-order valence-corrected chi connectivity index (χ4v) is 3.52. The first kappa shape index (κ1) is 24.2. The van der Waals surface area contributed by atoms with Crippen LogP contribution in [0.5, 0.6) is 0 Å². The van der Waals surface area contributed by atoms with Gasteiger partial charge in [0.25, 0.3) is 0 Å². The molecule has 2 heterocycles. The highest BCUT2D eigenvalue weighted by molar-refractivity contribution is 14.0. The Morgan fingerprint density at radius 3 is 2.70 bits per heavy atom. The van der Waals surface area contributed by atoms with E-state index in [9.17, 15) is 4.79 Å². The van der Waals surface area contributed by atoms with Crippen LogP contribution < -0.4 is 10.6 Å². The number of aliphatic imine (C=N–C) groups is 1. The number of carbonyl (C=O) groups excluding carboxylic acids is 1. The lowest BCUT2D eigenvalue weighted by Gasteiger charge is -2.33. The minimum atomic E-state index is -0.0684. The minimum Gasteiger partial charge on any atom is -0.466 e. The summed E-state index contributed by atoms with van der Waals surface area (Å²) in [5.74, 6) is 1.71. The van der Waals surface area contributed by atoms with Gasteiger partial charge in [-0.1, -0.05) is 18.2 Å². The SMILES string of the molecule is CCNC(=NCCNc1ccc2ccccc2n1)N1CCC(C(=O)OCC)CC1.I. The molecular formula is C22H32IN5O2. The quantitative estimate of drug-likeness (QED) is 0.190. The number of halogens is 1. The van der Waals surface area contributed by atoms with E-state index in [0.717, 1.165) is 55.2 Å². The molecule has 1 aliphatic rings. The normalized spacial score (nSPS) is 14.9. The number of piperidine rings is 1. The molecule has 1 aliphatic heterocycles. The number of carbonyl (C=O) groups is 1. The number of nitrogens with zero attached hydrogens (tertiary/aromatic N) is 3. The Labute approximate surface area is 195 Å². The van der Waals surface area contributed by atoms with Gasteiger partial charge in [-0.25, -0.2) is 4.98 Å². The molecule has 1 aromatic heterocycles. The summed E-state index contributed by atoms with van der Waals surface area (Å²) in [7, 11) is 0. The molecule has 0 spiro atoms. The fourth-order valence-electron chi connectivity index (χ4n) is 3.52. The van der Waals surface area contributed by atoms with Gasteiger partial charge in [0, 0.05) is 31.6 Å². The number of guanidine groups is 1. The first-order chi connectivity index (χ1) is 14.2. The molecule has 8 heteroatoms. The molecule has 1 aromatic carbocycles. The van der Waals surface area contributed by atoms with Gasteiger partial charge in [-0.3, -0.25) is 9.79 Å². The number of benzene rings is 1. The lowest BCUT2D eigenvalue weighted by atomic mass is 9.97. The molecule has 7 nitrogen and oxygen atoms in total. The number of ether oxygens (including phenoxy) is 1. The van der Waals surface area contributed by atoms with Crippen LogP contribution in [0.1, 0.15) is 26.7 Å². The van der Waals surface area contributed by atoms with E-state index in [2.05, 4.69) is 39.6 Å². The van der Waals surface area contributed by atoms with Gasteiger partial charge in [0.05, 0.1) is 24.6 Å². The van der Waals surface area contributed by atoms with Crippen LogP contribution in [0.15, 0.2) is 41.4 Å². The molecule has 2 aromatic rings. The molecule has 30 heavy (non-hydrogen) atoms. The number of esters is 1. The maximum absolute atomic E-state index is 11.9. The molecular weight excluding hydrogens is 493 g/mol. The summed E-state index contributed by atoms with van der Waals surface area (Å²) < 4.78 is 5.16. The number of likely N-dealkylation sites (tertiary alicyclic amines) is 1. The number of rotatable bonds is 7. The van der Waals surface area contributed by atoms with E-state index in [1.807, 2.05) is 31.2 Å². The predicted octanol–water partition coefficient (Wildman–Crippen LogP) is 3.51. The zero-order valence-corrected chi connectivity index (χ0v) is 20.1. The van der Waals surface area contributed by atoms with Gasteiger partial charge in [0.15, 0.2) is 5.96 Å². The average Bonchev–Trinajstić information content (AvgIpc) is 2.76. The van der Waals surface area contributed by atoms with Crippen LogP contribution in [0, 0.1) is 5.92 Å². The number of anilines is 1. The largest absolute Gasteiger partial charge is 0.466 e. The monoisotopic (exact) mass is 525 g/mol. The molecule has 0 radical (unpaired) electrons. The Bertz CT molecular complexity index is 837. The van der Waals surface area contributed by atoms with Gasteiger partial charge in [-0.2, -0.15) is 0 Å². The third kappa shape index (κ3) is 6.72. The second-order valence-electron chi connectivity index (χ2n) is 7.06. The van der Waals surface area contributed by atoms with Crippen LogP contribution in [-0.4, -0.2) is 61.1 Å². The molecule has 3 rings (SSSR count). The third-order valence-corrected chi connectivity index (χ3v) is 5.03. The molecule has 0 unspecified atom stereocenters. The molecule has 0 bridgehead atoms. The van der Waals surface area contributed by atoms with Crippen molar-refractivity contribution in [2.45, 2.75) is 26.7 Å². The van der Waals surface area contributed by atoms with Crippen molar-refractivity contribution >= 4 is 52.6 Å². The highest BCUT2D eigenvalue weighted by Crippen LogP contribution is 2.19. The highest BCUT2D eigenvalue weighted by atomic mass is 127. The molecule has 1 fully saturated rings. The second kappa shape index (κ2) is 12.6. The maximum Gasteiger partial charge on any atom is 0.309 e. The van der Waals surface area contributed by atoms with E-state index in [4.69, 9.17) is 9.73 Å². The Morgan fingerprint density at radius 1 is 1.20 bits per heavy atom. The molecule has 0 aliphatic carbocycles. The van der Waals surface area contributed by atoms with Gasteiger partial charge >= 0.3 is 5.97 Å². The maximum atomic E-state index is 11.9. The fraction of sp³-hybridized carbons (Fsp3) is 0.500. The number of pyridine rings is 1. The molecule has 0 atom stereocenters. The third-order valence-electron chi connectivity index (χ3n) is 5.03. The van der Waals surface area contributed by atoms with Gasteiger partial charge in [-0.05, 0) is 44.9 Å². The topological polar surface area (TPSA) is 78.9 Å². The van der Waals surface area contributed by atoms with Gasteiger partial charge in [-0.15, -0.1) is 24.0 Å². The molecule has 164 valence electrons. The van der Waals surface area contributed by atoms with Crippen molar-refractivity contribution in [1.82, 2.24) is 15.2 Å². The number of para-hydroxylation sites is 1. The van der Waals surface area contributed by atoms with Crippen LogP contribution in [0.25, 0.3) is 10.9 Å². The second-order valence-corrected chi connectivity index (χ2v) is 7.06. The van der Waals surface area contributed by atoms with Crippen LogP contribution >= 0.6 is 24.0 Å². The van der Waals surface area contributed by atoms with Crippen molar-refractivity contribution in [3.63, 3.8) is 0 Å². The van der Waals surface area contributed by atoms with Crippen molar-refractivity contribution in [2.75, 3.05) is 44.6 Å². The molecule has 0 saturated carbocycles. The van der Waals surface area contributed by atoms with Gasteiger partial charge in [0.1, 0.15) is 5.82 Å². The first-order valence-corrected chi connectivity index (χ1v) is 10.5. The van der Waals surface area contributed by atoms with E-state index < -0.39 is 0 Å². The van der Waals surface area contributed by atoms with Crippen molar-refractivity contribution in [3.05, 3.63) is 36.4 Å². The van der Waals surface area contributed by atoms with Crippen LogP contribution in [0.3, 0.4) is 0 Å². The first-order valence-electron chi connectivity index (χ1n) is 10.5. The van der Waals surface area contributed by atoms with Gasteiger partial charge in [0.2, 0.25) is 0 Å². The van der Waals surface area contributed by atoms with E-state index in [1.54, 1.807) is 0 Å². The number of hydrogen-bond acceptors (Lipinski definition) is 5. The van der Waals surface area contributed by atoms with Crippen molar-refractivity contribution in [1.29, 1.82) is 0 Å². The summed E-state index contributed by atoms with van der Waals surface area (Å²) in [6.07, 6.45) is 1.62. The lowest BCUT2D eigenvalue weighted by Crippen LogP contribution is -2.47. The lowest BCUT2D eigenvalue weighted by molar-refractivity contribution is -0.149. The molecule has 1 saturated heterocycles. The van der Waals surface area contributed by atoms with Crippen LogP contribution in [0.2, 0.25) is 0 Å². The Balaban J connectivity index is 0.00000320. The van der Waals surface area contributed by atoms with E-state index in [0.29, 0.717) is 19.7 Å². The summed E-state index contributed by atoms with van der Waals surface area (Å²) in [6, 6.07) is 12.2. The molecule has 2 N–H and O–H groups in total. The Morgan fingerprint density at radius 2 is 1.97 bits per heavy atom. The summed E-state index contributed by atoms with van der Waals surface area (Å²) in [5, 5.41) is 7.84. The Hall–Kier alpha value is -2.10.